The third kappa shape index (κ3) is 3.08. The molecule has 112 valence electrons. The molecule has 0 aromatic carbocycles. The van der Waals surface area contributed by atoms with Crippen molar-refractivity contribution in [3.8, 4) is 0 Å². The number of ether oxygens (including phenoxy) is 1. The van der Waals surface area contributed by atoms with Gasteiger partial charge in [0.1, 0.15) is 17.8 Å². The Morgan fingerprint density at radius 2 is 2.14 bits per heavy atom. The summed E-state index contributed by atoms with van der Waals surface area (Å²) in [5, 5.41) is 2.86. The fourth-order valence-electron chi connectivity index (χ4n) is 2.22. The van der Waals surface area contributed by atoms with Crippen LogP contribution in [0, 0.1) is 0 Å². The minimum atomic E-state index is -1.70. The van der Waals surface area contributed by atoms with Crippen molar-refractivity contribution in [3.63, 3.8) is 0 Å². The normalized spacial score (nSPS) is 27.2. The van der Waals surface area contributed by atoms with E-state index in [9.17, 15) is 4.79 Å². The summed E-state index contributed by atoms with van der Waals surface area (Å²) in [6.45, 7) is 0. The fraction of sp³-hybridized carbons (Fsp3) is 0.333. The minimum absolute atomic E-state index is 0.0497. The van der Waals surface area contributed by atoms with Crippen LogP contribution in [0.15, 0.2) is 33.9 Å². The first-order chi connectivity index (χ1) is 9.84. The number of aromatic nitrogens is 1. The van der Waals surface area contributed by atoms with Crippen molar-refractivity contribution in [1.29, 1.82) is 0 Å². The van der Waals surface area contributed by atoms with Gasteiger partial charge >= 0.3 is 0 Å². The van der Waals surface area contributed by atoms with Crippen molar-refractivity contribution in [1.82, 2.24) is 10.3 Å². The lowest BCUT2D eigenvalue weighted by Gasteiger charge is -2.16. The Bertz CT molecular complexity index is 638. The molecule has 2 aliphatic rings. The molecule has 1 aliphatic heterocycles. The molecule has 3 rings (SSSR count). The number of aromatic amines is 1. The van der Waals surface area contributed by atoms with Crippen LogP contribution in [0.25, 0.3) is 0 Å². The molecule has 0 unspecified atom stereocenters. The highest BCUT2D eigenvalue weighted by atomic mass is 79.9. The molecule has 0 saturated heterocycles. The number of nitrogens with one attached hydrogen (secondary N) is 2. The second-order valence-corrected chi connectivity index (χ2v) is 7.74. The molecular weight excluding hydrogens is 404 g/mol. The molecule has 9 heteroatoms. The van der Waals surface area contributed by atoms with Crippen molar-refractivity contribution >= 4 is 62.5 Å². The van der Waals surface area contributed by atoms with E-state index in [1.165, 1.54) is 0 Å². The zero-order valence-electron chi connectivity index (χ0n) is 10.3. The van der Waals surface area contributed by atoms with Gasteiger partial charge in [-0.3, -0.25) is 4.79 Å². The third-order valence-electron chi connectivity index (χ3n) is 3.16. The Kier molecular flexibility index (Phi) is 3.98. The average Bonchev–Trinajstić information content (AvgIpc) is 3.04. The molecule has 0 fully saturated rings. The Hall–Kier alpha value is -0.690. The predicted octanol–water partition coefficient (Wildman–Crippen LogP) is 2.98. The molecule has 0 saturated carbocycles. The Morgan fingerprint density at radius 3 is 2.76 bits per heavy atom. The Balaban J connectivity index is 1.71. The summed E-state index contributed by atoms with van der Waals surface area (Å²) in [7, 11) is 0. The van der Waals surface area contributed by atoms with Crippen molar-refractivity contribution in [3.05, 3.63) is 34.6 Å². The van der Waals surface area contributed by atoms with E-state index in [1.807, 2.05) is 6.08 Å². The molecule has 2 heterocycles. The van der Waals surface area contributed by atoms with Gasteiger partial charge in [-0.1, -0.05) is 40.9 Å². The number of halogens is 4. The first-order valence-corrected chi connectivity index (χ1v) is 7.92. The van der Waals surface area contributed by atoms with E-state index < -0.39 is 3.79 Å². The maximum atomic E-state index is 12.1. The zero-order chi connectivity index (χ0) is 15.2. The lowest BCUT2D eigenvalue weighted by atomic mass is 10.1. The molecule has 1 aliphatic carbocycles. The van der Waals surface area contributed by atoms with Crippen molar-refractivity contribution in [2.24, 2.45) is 4.99 Å². The van der Waals surface area contributed by atoms with Gasteiger partial charge in [0.15, 0.2) is 0 Å². The number of carbonyl (C=O) groups excluding carboxylic acids is 1. The molecule has 0 radical (unpaired) electrons. The van der Waals surface area contributed by atoms with Crippen molar-refractivity contribution in [2.45, 2.75) is 22.0 Å². The second-order valence-electron chi connectivity index (χ2n) is 4.61. The predicted molar refractivity (Wildman–Crippen MR) is 85.3 cm³/mol. The topological polar surface area (TPSA) is 66.5 Å². The maximum absolute atomic E-state index is 12.1. The first-order valence-electron chi connectivity index (χ1n) is 6.00. The molecule has 0 spiro atoms. The van der Waals surface area contributed by atoms with Crippen LogP contribution in [0.2, 0.25) is 0 Å². The van der Waals surface area contributed by atoms with Crippen molar-refractivity contribution < 1.29 is 9.53 Å². The van der Waals surface area contributed by atoms with Gasteiger partial charge in [0.2, 0.25) is 5.90 Å². The van der Waals surface area contributed by atoms with E-state index in [-0.39, 0.29) is 30.0 Å². The summed E-state index contributed by atoms with van der Waals surface area (Å²) < 4.78 is 4.50. The van der Waals surface area contributed by atoms with Gasteiger partial charge in [0.25, 0.3) is 9.70 Å². The van der Waals surface area contributed by atoms with Gasteiger partial charge in [0, 0.05) is 0 Å². The van der Waals surface area contributed by atoms with Gasteiger partial charge < -0.3 is 15.0 Å². The molecule has 1 amide bonds. The molecule has 3 atom stereocenters. The zero-order valence-corrected chi connectivity index (χ0v) is 14.2. The number of hydrogen-bond acceptors (Lipinski definition) is 3. The highest BCUT2D eigenvalue weighted by molar-refractivity contribution is 9.10. The van der Waals surface area contributed by atoms with Crippen LogP contribution in [0.5, 0.6) is 0 Å². The van der Waals surface area contributed by atoms with E-state index in [0.29, 0.717) is 5.69 Å². The Labute approximate surface area is 143 Å². The van der Waals surface area contributed by atoms with Crippen LogP contribution in [-0.2, 0) is 4.74 Å². The van der Waals surface area contributed by atoms with Gasteiger partial charge in [0.05, 0.1) is 10.6 Å². The fourth-order valence-corrected chi connectivity index (χ4v) is 2.85. The quantitative estimate of drug-likeness (QED) is 0.578. The molecule has 1 aromatic rings. The summed E-state index contributed by atoms with van der Waals surface area (Å²) in [5.74, 6) is -0.192. The number of nitrogens with zero attached hydrogens (tertiary/aromatic N) is 1. The SMILES string of the molecule is O=C(N[C@@H]1C=C[C@H]2OC(C(Cl)(Cl)Cl)=N[C@@H]12)c1ccc(Br)[nH]1. The van der Waals surface area contributed by atoms with Crippen LogP contribution in [-0.4, -0.2) is 38.8 Å². The standard InChI is InChI=1S/C12H9BrCl3N3O2/c13-8-4-2-6(17-8)10(20)18-5-1-3-7-9(5)19-11(21-7)12(14,15)16/h1-5,7,9,17H,(H,18,20)/t5-,7-,9+/m1/s1. The summed E-state index contributed by atoms with van der Waals surface area (Å²) in [6, 6.07) is 2.80. The number of alkyl halides is 3. The van der Waals surface area contributed by atoms with Crippen molar-refractivity contribution in [2.75, 3.05) is 0 Å². The summed E-state index contributed by atoms with van der Waals surface area (Å²) in [5.41, 5.74) is 0.447. The summed E-state index contributed by atoms with van der Waals surface area (Å²) in [4.78, 5) is 19.3. The van der Waals surface area contributed by atoms with Gasteiger partial charge in [-0.15, -0.1) is 0 Å². The first kappa shape index (κ1) is 15.2. The van der Waals surface area contributed by atoms with Crippen LogP contribution >= 0.6 is 50.7 Å². The van der Waals surface area contributed by atoms with Crippen LogP contribution in [0.3, 0.4) is 0 Å². The number of aliphatic imine (C=N–C) groups is 1. The molecule has 0 bridgehead atoms. The highest BCUT2D eigenvalue weighted by Crippen LogP contribution is 2.35. The number of amides is 1. The number of H-pyrrole nitrogens is 1. The van der Waals surface area contributed by atoms with E-state index in [0.717, 1.165) is 4.60 Å². The molecule has 21 heavy (non-hydrogen) atoms. The highest BCUT2D eigenvalue weighted by Gasteiger charge is 2.45. The largest absolute Gasteiger partial charge is 0.468 e. The number of fused-ring (bicyclic) bond motifs is 1. The van der Waals surface area contributed by atoms with Crippen LogP contribution in [0.1, 0.15) is 10.5 Å². The van der Waals surface area contributed by atoms with E-state index in [2.05, 4.69) is 31.2 Å². The lowest BCUT2D eigenvalue weighted by Crippen LogP contribution is -2.41. The number of rotatable bonds is 2. The number of carbonyl (C=O) groups is 1. The molecular formula is C12H9BrCl3N3O2. The smallest absolute Gasteiger partial charge is 0.268 e. The third-order valence-corrected chi connectivity index (χ3v) is 4.11. The second kappa shape index (κ2) is 5.50. The van der Waals surface area contributed by atoms with Gasteiger partial charge in [-0.25, -0.2) is 4.99 Å². The summed E-state index contributed by atoms with van der Waals surface area (Å²) in [6.07, 6.45) is 3.30. The average molecular weight is 413 g/mol. The molecule has 1 aromatic heterocycles. The van der Waals surface area contributed by atoms with E-state index >= 15 is 0 Å². The molecule has 5 nitrogen and oxygen atoms in total. The van der Waals surface area contributed by atoms with E-state index in [1.54, 1.807) is 18.2 Å². The van der Waals surface area contributed by atoms with E-state index in [4.69, 9.17) is 39.5 Å². The van der Waals surface area contributed by atoms with Gasteiger partial charge in [-0.05, 0) is 34.1 Å². The minimum Gasteiger partial charge on any atom is -0.468 e. The monoisotopic (exact) mass is 411 g/mol. The lowest BCUT2D eigenvalue weighted by molar-refractivity contribution is 0.0933. The van der Waals surface area contributed by atoms with Crippen LogP contribution in [0.4, 0.5) is 0 Å². The molecule has 2 N–H and O–H groups in total. The maximum Gasteiger partial charge on any atom is 0.268 e. The number of hydrogen-bond donors (Lipinski definition) is 2. The van der Waals surface area contributed by atoms with Gasteiger partial charge in [-0.2, -0.15) is 0 Å². The summed E-state index contributed by atoms with van der Waals surface area (Å²) >= 11 is 20.5. The Morgan fingerprint density at radius 1 is 1.38 bits per heavy atom. The van der Waals surface area contributed by atoms with Crippen LogP contribution < -0.4 is 5.32 Å².